The fourth-order valence-electron chi connectivity index (χ4n) is 4.75. The molecule has 4 rings (SSSR count). The average molecular weight is 583 g/mol. The highest BCUT2D eigenvalue weighted by atomic mass is 32.2. The number of rotatable bonds is 11. The van der Waals surface area contributed by atoms with Gasteiger partial charge in [0.2, 0.25) is 11.0 Å². The first-order valence-electron chi connectivity index (χ1n) is 12.8. The molecule has 1 aromatic heterocycles. The Morgan fingerprint density at radius 3 is 1.90 bits per heavy atom. The summed E-state index contributed by atoms with van der Waals surface area (Å²) < 4.78 is 64.0. The molecule has 0 aliphatic rings. The Bertz CT molecular complexity index is 1740. The number of benzene rings is 3. The lowest BCUT2D eigenvalue weighted by molar-refractivity contribution is -0.645. The molecule has 0 unspecified atom stereocenters. The van der Waals surface area contributed by atoms with Crippen molar-refractivity contribution >= 4 is 53.6 Å². The molecule has 0 spiro atoms. The number of carbonyl (C=O) groups is 2. The molecule has 1 heterocycles. The van der Waals surface area contributed by atoms with Gasteiger partial charge in [-0.25, -0.2) is 21.1 Å². The predicted molar refractivity (Wildman–Crippen MR) is 150 cm³/mol. The number of ketones is 1. The van der Waals surface area contributed by atoms with Gasteiger partial charge in [-0.3, -0.25) is 4.79 Å². The molecule has 0 atom stereocenters. The number of amides is 1. The number of aromatic nitrogens is 1. The summed E-state index contributed by atoms with van der Waals surface area (Å²) in [4.78, 5) is 25.9. The zero-order chi connectivity index (χ0) is 29.1. The molecule has 0 N–H and O–H groups in total. The lowest BCUT2D eigenvalue weighted by Gasteiger charge is -2.24. The van der Waals surface area contributed by atoms with Crippen LogP contribution in [0.5, 0.6) is 0 Å². The van der Waals surface area contributed by atoms with Crippen LogP contribution in [-0.2, 0) is 31.5 Å². The Balaban J connectivity index is 1.91. The number of hydrogen-bond acceptors (Lipinski definition) is 7. The number of para-hydroxylation sites is 2. The molecule has 210 valence electrons. The molecule has 9 nitrogen and oxygen atoms in total. The van der Waals surface area contributed by atoms with E-state index in [0.717, 1.165) is 9.87 Å². The van der Waals surface area contributed by atoms with Crippen molar-refractivity contribution in [1.29, 1.82) is 0 Å². The van der Waals surface area contributed by atoms with Crippen LogP contribution < -0.4 is 4.57 Å². The minimum atomic E-state index is -4.41. The molecule has 0 bridgehead atoms. The van der Waals surface area contributed by atoms with E-state index >= 15 is 0 Å². The molecule has 0 saturated carbocycles. The minimum Gasteiger partial charge on any atom is -0.748 e. The number of hydrogen-bond donors (Lipinski definition) is 0. The molecule has 0 saturated heterocycles. The highest BCUT2D eigenvalue weighted by molar-refractivity contribution is 7.89. The van der Waals surface area contributed by atoms with E-state index in [1.807, 2.05) is 11.5 Å². The van der Waals surface area contributed by atoms with Crippen molar-refractivity contribution < 1.29 is 35.5 Å². The molecule has 11 heteroatoms. The molecule has 1 amide bonds. The van der Waals surface area contributed by atoms with Crippen LogP contribution in [0.25, 0.3) is 21.8 Å². The third kappa shape index (κ3) is 6.38. The van der Waals surface area contributed by atoms with Gasteiger partial charge in [-0.15, -0.1) is 0 Å². The average Bonchev–Trinajstić information content (AvgIpc) is 2.90. The predicted octanol–water partition coefficient (Wildman–Crippen LogP) is 3.72. The topological polar surface area (TPSA) is 133 Å². The van der Waals surface area contributed by atoms with Crippen LogP contribution >= 0.6 is 0 Å². The number of nitrogens with zero attached hydrogens (tertiary/aromatic N) is 2. The molecule has 4 aromatic rings. The van der Waals surface area contributed by atoms with Gasteiger partial charge in [0.1, 0.15) is 5.78 Å². The van der Waals surface area contributed by atoms with Crippen LogP contribution in [0.15, 0.2) is 77.7 Å². The van der Waals surface area contributed by atoms with Crippen molar-refractivity contribution in [2.24, 2.45) is 0 Å². The van der Waals surface area contributed by atoms with Gasteiger partial charge >= 0.3 is 0 Å². The summed E-state index contributed by atoms with van der Waals surface area (Å²) in [7, 11) is -8.69. The Kier molecular flexibility index (Phi) is 8.67. The quantitative estimate of drug-likeness (QED) is 0.150. The normalized spacial score (nSPS) is 12.1. The molecule has 0 aliphatic carbocycles. The van der Waals surface area contributed by atoms with Crippen LogP contribution in [0.4, 0.5) is 0 Å². The number of sulfonamides is 1. The highest BCUT2D eigenvalue weighted by Gasteiger charge is 2.34. The Hall–Kier alpha value is -3.67. The molecule has 0 aliphatic heterocycles. The molecular weight excluding hydrogens is 552 g/mol. The van der Waals surface area contributed by atoms with Crippen LogP contribution in [0, 0.1) is 6.92 Å². The van der Waals surface area contributed by atoms with E-state index in [0.29, 0.717) is 21.8 Å². The number of Topliss-reactive ketones (excluding diaryl/α,β-unsaturated/α-hetero) is 1. The van der Waals surface area contributed by atoms with Crippen molar-refractivity contribution in [3.63, 3.8) is 0 Å². The Morgan fingerprint density at radius 2 is 1.38 bits per heavy atom. The first kappa shape index (κ1) is 29.3. The maximum atomic E-state index is 14.3. The third-order valence-corrected chi connectivity index (χ3v) is 9.23. The van der Waals surface area contributed by atoms with Gasteiger partial charge in [-0.05, 0) is 44.5 Å². The maximum absolute atomic E-state index is 14.3. The van der Waals surface area contributed by atoms with E-state index in [1.54, 1.807) is 60.7 Å². The van der Waals surface area contributed by atoms with Crippen molar-refractivity contribution in [3.05, 3.63) is 83.9 Å². The van der Waals surface area contributed by atoms with Gasteiger partial charge in [0, 0.05) is 37.3 Å². The SMILES string of the molecule is CC(=O)CCCN(C(=O)c1c2ccccc2[n+](CCCS(=O)(=O)[O-])c2ccccc12)S(=O)(=O)c1ccc(C)cc1. The molecule has 0 fully saturated rings. The van der Waals surface area contributed by atoms with Crippen molar-refractivity contribution in [2.75, 3.05) is 12.3 Å². The molecule has 0 radical (unpaired) electrons. The number of carbonyl (C=O) groups excluding carboxylic acids is 2. The zero-order valence-corrected chi connectivity index (χ0v) is 23.9. The second-order valence-corrected chi connectivity index (χ2v) is 13.1. The van der Waals surface area contributed by atoms with Gasteiger partial charge in [-0.1, -0.05) is 42.0 Å². The van der Waals surface area contributed by atoms with Crippen LogP contribution in [0.1, 0.15) is 42.1 Å². The van der Waals surface area contributed by atoms with E-state index in [2.05, 4.69) is 0 Å². The van der Waals surface area contributed by atoms with E-state index in [4.69, 9.17) is 0 Å². The fraction of sp³-hybridized carbons (Fsp3) is 0.276. The lowest BCUT2D eigenvalue weighted by Crippen LogP contribution is -2.40. The number of fused-ring (bicyclic) bond motifs is 2. The second-order valence-electron chi connectivity index (χ2n) is 9.68. The van der Waals surface area contributed by atoms with Crippen molar-refractivity contribution in [1.82, 2.24) is 4.31 Å². The number of aryl methyl sites for hydroxylation is 2. The summed E-state index contributed by atoms with van der Waals surface area (Å²) in [5, 5.41) is 0.957. The standard InChI is InChI=1S/C29H30N2O7S2/c1-21-14-16-23(17-15-21)40(37,38)31(19-7-9-22(2)32)29(33)28-24-10-3-5-12-26(24)30(18-8-20-39(34,35)36)27-13-6-4-11-25(27)28/h3-6,10-17H,7-9,18-20H2,1-2H3. The highest BCUT2D eigenvalue weighted by Crippen LogP contribution is 2.29. The number of pyridine rings is 1. The first-order valence-corrected chi connectivity index (χ1v) is 15.8. The maximum Gasteiger partial charge on any atom is 0.269 e. The summed E-state index contributed by atoms with van der Waals surface area (Å²) in [5.41, 5.74) is 2.22. The van der Waals surface area contributed by atoms with Gasteiger partial charge in [-0.2, -0.15) is 4.57 Å². The Morgan fingerprint density at radius 1 is 0.825 bits per heavy atom. The van der Waals surface area contributed by atoms with Gasteiger partial charge in [0.15, 0.2) is 6.54 Å². The minimum absolute atomic E-state index is 0.0345. The largest absolute Gasteiger partial charge is 0.748 e. The fourth-order valence-corrected chi connectivity index (χ4v) is 6.65. The van der Waals surface area contributed by atoms with Gasteiger partial charge < -0.3 is 9.35 Å². The second kappa shape index (κ2) is 11.8. The lowest BCUT2D eigenvalue weighted by atomic mass is 10.0. The summed E-state index contributed by atoms with van der Waals surface area (Å²) in [6, 6.07) is 20.2. The summed E-state index contributed by atoms with van der Waals surface area (Å²) in [6.07, 6.45) is 0.349. The van der Waals surface area contributed by atoms with Gasteiger partial charge in [0.05, 0.1) is 31.3 Å². The Labute approximate surface area is 233 Å². The first-order chi connectivity index (χ1) is 18.9. The van der Waals surface area contributed by atoms with E-state index < -0.39 is 31.8 Å². The third-order valence-electron chi connectivity index (χ3n) is 6.64. The zero-order valence-electron chi connectivity index (χ0n) is 22.2. The van der Waals surface area contributed by atoms with Crippen LogP contribution in [-0.4, -0.2) is 49.7 Å². The van der Waals surface area contributed by atoms with Crippen molar-refractivity contribution in [3.8, 4) is 0 Å². The smallest absolute Gasteiger partial charge is 0.269 e. The molecule has 3 aromatic carbocycles. The summed E-state index contributed by atoms with van der Waals surface area (Å²) >= 11 is 0. The molecular formula is C29H30N2O7S2. The monoisotopic (exact) mass is 582 g/mol. The van der Waals surface area contributed by atoms with E-state index in [9.17, 15) is 31.0 Å². The summed E-state index contributed by atoms with van der Waals surface area (Å²) in [5.74, 6) is -1.38. The van der Waals surface area contributed by atoms with E-state index in [1.165, 1.54) is 19.1 Å². The molecule has 40 heavy (non-hydrogen) atoms. The summed E-state index contributed by atoms with van der Waals surface area (Å²) in [6.45, 7) is 3.25. The van der Waals surface area contributed by atoms with Gasteiger partial charge in [0.25, 0.3) is 15.9 Å². The van der Waals surface area contributed by atoms with Crippen molar-refractivity contribution in [2.45, 2.75) is 44.6 Å². The van der Waals surface area contributed by atoms with E-state index in [-0.39, 0.29) is 48.6 Å². The van der Waals surface area contributed by atoms with Crippen LogP contribution in [0.2, 0.25) is 0 Å². The van der Waals surface area contributed by atoms with Crippen LogP contribution in [0.3, 0.4) is 0 Å².